The third-order valence-electron chi connectivity index (χ3n) is 3.47. The number of nitrogens with one attached hydrogen (secondary N) is 1. The van der Waals surface area contributed by atoms with Crippen molar-refractivity contribution in [2.24, 2.45) is 0 Å². The molecule has 2 heteroatoms. The van der Waals surface area contributed by atoms with E-state index in [1.54, 1.807) is 0 Å². The quantitative estimate of drug-likeness (QED) is 0.738. The molecule has 0 aliphatic heterocycles. The highest BCUT2D eigenvalue weighted by atomic mass is 32.1. The van der Waals surface area contributed by atoms with Crippen LogP contribution in [0.5, 0.6) is 0 Å². The predicted molar refractivity (Wildman–Crippen MR) is 85.1 cm³/mol. The van der Waals surface area contributed by atoms with Gasteiger partial charge in [-0.05, 0) is 48.9 Å². The van der Waals surface area contributed by atoms with Crippen molar-refractivity contribution in [3.8, 4) is 0 Å². The fraction of sp³-hybridized carbons (Fsp3) is 0.412. The van der Waals surface area contributed by atoms with Crippen LogP contribution >= 0.6 is 11.3 Å². The third-order valence-corrected chi connectivity index (χ3v) is 4.37. The van der Waals surface area contributed by atoms with Crippen LogP contribution in [0.25, 0.3) is 0 Å². The standard InChI is InChI=1S/C17H23NS/c1-3-10-18-13-15(12-16-8-6-11-19-16)17-9-5-4-7-14(17)2/h4-9,11,15,18H,3,10,12-13H2,1-2H3. The van der Waals surface area contributed by atoms with Crippen LogP contribution in [0.1, 0.15) is 35.3 Å². The highest BCUT2D eigenvalue weighted by Gasteiger charge is 2.14. The Labute approximate surface area is 120 Å². The molecular weight excluding hydrogens is 250 g/mol. The maximum atomic E-state index is 3.58. The summed E-state index contributed by atoms with van der Waals surface area (Å²) < 4.78 is 0. The Hall–Kier alpha value is -1.12. The summed E-state index contributed by atoms with van der Waals surface area (Å²) in [5.74, 6) is 0.575. The Morgan fingerprint density at radius 3 is 2.68 bits per heavy atom. The Kier molecular flexibility index (Phi) is 5.62. The largest absolute Gasteiger partial charge is 0.316 e. The van der Waals surface area contributed by atoms with Gasteiger partial charge in [0.15, 0.2) is 0 Å². The zero-order chi connectivity index (χ0) is 13.5. The van der Waals surface area contributed by atoms with Crippen molar-refractivity contribution in [2.75, 3.05) is 13.1 Å². The monoisotopic (exact) mass is 273 g/mol. The normalized spacial score (nSPS) is 12.5. The number of rotatable bonds is 7. The minimum Gasteiger partial charge on any atom is -0.316 e. The van der Waals surface area contributed by atoms with E-state index in [0.29, 0.717) is 5.92 Å². The average molecular weight is 273 g/mol. The predicted octanol–water partition coefficient (Wildman–Crippen LogP) is 4.38. The molecule has 1 atom stereocenters. The summed E-state index contributed by atoms with van der Waals surface area (Å²) in [6.07, 6.45) is 2.33. The summed E-state index contributed by atoms with van der Waals surface area (Å²) in [5.41, 5.74) is 2.89. The molecule has 1 unspecified atom stereocenters. The lowest BCUT2D eigenvalue weighted by Gasteiger charge is -2.19. The molecule has 2 rings (SSSR count). The molecule has 0 saturated carbocycles. The van der Waals surface area contributed by atoms with Gasteiger partial charge in [0.2, 0.25) is 0 Å². The number of hydrogen-bond donors (Lipinski definition) is 1. The van der Waals surface area contributed by atoms with Crippen LogP contribution in [-0.2, 0) is 6.42 Å². The molecule has 1 heterocycles. The molecule has 0 spiro atoms. The van der Waals surface area contributed by atoms with Gasteiger partial charge in [0.05, 0.1) is 0 Å². The van der Waals surface area contributed by atoms with Gasteiger partial charge in [0, 0.05) is 17.3 Å². The van der Waals surface area contributed by atoms with Crippen LogP contribution in [-0.4, -0.2) is 13.1 Å². The van der Waals surface area contributed by atoms with E-state index in [1.807, 2.05) is 11.3 Å². The summed E-state index contributed by atoms with van der Waals surface area (Å²) in [4.78, 5) is 1.48. The van der Waals surface area contributed by atoms with Crippen molar-refractivity contribution in [1.29, 1.82) is 0 Å². The second kappa shape index (κ2) is 7.46. The van der Waals surface area contributed by atoms with Gasteiger partial charge in [-0.2, -0.15) is 0 Å². The second-order valence-electron chi connectivity index (χ2n) is 5.04. The van der Waals surface area contributed by atoms with Gasteiger partial charge < -0.3 is 5.32 Å². The summed E-state index contributed by atoms with van der Waals surface area (Å²) in [7, 11) is 0. The van der Waals surface area contributed by atoms with Crippen LogP contribution in [0.2, 0.25) is 0 Å². The lowest BCUT2D eigenvalue weighted by molar-refractivity contribution is 0.577. The molecule has 2 aromatic rings. The molecular formula is C17H23NS. The molecule has 0 fully saturated rings. The van der Waals surface area contributed by atoms with Crippen LogP contribution in [0.3, 0.4) is 0 Å². The second-order valence-corrected chi connectivity index (χ2v) is 6.07. The van der Waals surface area contributed by atoms with Crippen molar-refractivity contribution in [2.45, 2.75) is 32.6 Å². The van der Waals surface area contributed by atoms with Gasteiger partial charge in [-0.25, -0.2) is 0 Å². The molecule has 0 aliphatic carbocycles. The van der Waals surface area contributed by atoms with E-state index in [0.717, 1.165) is 19.5 Å². The molecule has 102 valence electrons. The summed E-state index contributed by atoms with van der Waals surface area (Å²) in [6, 6.07) is 13.2. The van der Waals surface area contributed by atoms with Crippen molar-refractivity contribution in [1.82, 2.24) is 5.32 Å². The van der Waals surface area contributed by atoms with Crippen molar-refractivity contribution < 1.29 is 0 Å². The van der Waals surface area contributed by atoms with Crippen LogP contribution in [0.15, 0.2) is 41.8 Å². The van der Waals surface area contributed by atoms with Crippen molar-refractivity contribution in [3.05, 3.63) is 57.8 Å². The van der Waals surface area contributed by atoms with Gasteiger partial charge in [-0.1, -0.05) is 37.3 Å². The van der Waals surface area contributed by atoms with E-state index >= 15 is 0 Å². The number of aryl methyl sites for hydroxylation is 1. The maximum absolute atomic E-state index is 3.58. The highest BCUT2D eigenvalue weighted by molar-refractivity contribution is 7.09. The summed E-state index contributed by atoms with van der Waals surface area (Å²) in [6.45, 7) is 6.61. The van der Waals surface area contributed by atoms with Crippen LogP contribution < -0.4 is 5.32 Å². The molecule has 0 saturated heterocycles. The van der Waals surface area contributed by atoms with Gasteiger partial charge in [0.1, 0.15) is 0 Å². The molecule has 0 aliphatic rings. The molecule has 19 heavy (non-hydrogen) atoms. The first-order valence-corrected chi connectivity index (χ1v) is 7.98. The highest BCUT2D eigenvalue weighted by Crippen LogP contribution is 2.25. The molecule has 1 aromatic carbocycles. The van der Waals surface area contributed by atoms with E-state index < -0.39 is 0 Å². The van der Waals surface area contributed by atoms with E-state index in [4.69, 9.17) is 0 Å². The van der Waals surface area contributed by atoms with E-state index in [1.165, 1.54) is 22.4 Å². The Morgan fingerprint density at radius 1 is 1.16 bits per heavy atom. The molecule has 1 nitrogen and oxygen atoms in total. The van der Waals surface area contributed by atoms with Crippen molar-refractivity contribution in [3.63, 3.8) is 0 Å². The lowest BCUT2D eigenvalue weighted by Crippen LogP contribution is -2.24. The third kappa shape index (κ3) is 4.19. The minimum absolute atomic E-state index is 0.575. The molecule has 1 N–H and O–H groups in total. The smallest absolute Gasteiger partial charge is 0.00517 e. The minimum atomic E-state index is 0.575. The van der Waals surface area contributed by atoms with E-state index in [9.17, 15) is 0 Å². The first-order chi connectivity index (χ1) is 9.31. The van der Waals surface area contributed by atoms with Gasteiger partial charge in [-0.15, -0.1) is 11.3 Å². The van der Waals surface area contributed by atoms with Gasteiger partial charge in [0.25, 0.3) is 0 Å². The van der Waals surface area contributed by atoms with Gasteiger partial charge in [-0.3, -0.25) is 0 Å². The summed E-state index contributed by atoms with van der Waals surface area (Å²) >= 11 is 1.86. The van der Waals surface area contributed by atoms with Gasteiger partial charge >= 0.3 is 0 Å². The van der Waals surface area contributed by atoms with Crippen LogP contribution in [0, 0.1) is 6.92 Å². The van der Waals surface area contributed by atoms with Crippen LogP contribution in [0.4, 0.5) is 0 Å². The molecule has 0 bridgehead atoms. The number of benzene rings is 1. The molecule has 1 aromatic heterocycles. The zero-order valence-electron chi connectivity index (χ0n) is 11.9. The lowest BCUT2D eigenvalue weighted by atomic mass is 9.91. The van der Waals surface area contributed by atoms with E-state index in [-0.39, 0.29) is 0 Å². The molecule has 0 radical (unpaired) electrons. The first-order valence-electron chi connectivity index (χ1n) is 7.10. The van der Waals surface area contributed by atoms with E-state index in [2.05, 4.69) is 60.9 Å². The SMILES string of the molecule is CCCNCC(Cc1cccs1)c1ccccc1C. The summed E-state index contributed by atoms with van der Waals surface area (Å²) in [5, 5.41) is 5.75. The Morgan fingerprint density at radius 2 is 2.00 bits per heavy atom. The Bertz CT molecular complexity index is 476. The fourth-order valence-electron chi connectivity index (χ4n) is 2.46. The number of thiophene rings is 1. The number of hydrogen-bond acceptors (Lipinski definition) is 2. The molecule has 0 amide bonds. The first kappa shape index (κ1) is 14.3. The Balaban J connectivity index is 2.11. The maximum Gasteiger partial charge on any atom is 0.00517 e. The van der Waals surface area contributed by atoms with Crippen molar-refractivity contribution >= 4 is 11.3 Å². The topological polar surface area (TPSA) is 12.0 Å². The fourth-order valence-corrected chi connectivity index (χ4v) is 3.25. The average Bonchev–Trinajstić information content (AvgIpc) is 2.91. The zero-order valence-corrected chi connectivity index (χ0v) is 12.7.